The number of nitrogens with two attached hydrogens (primary N) is 1. The maximum atomic E-state index is 12.6. The van der Waals surface area contributed by atoms with E-state index in [-0.39, 0.29) is 0 Å². The van der Waals surface area contributed by atoms with E-state index >= 15 is 0 Å². The maximum Gasteiger partial charge on any atom is 0.364 e. The molecule has 0 unspecified atom stereocenters. The summed E-state index contributed by atoms with van der Waals surface area (Å²) in [5, 5.41) is 8.24. The van der Waals surface area contributed by atoms with Crippen molar-refractivity contribution in [3.63, 3.8) is 0 Å². The van der Waals surface area contributed by atoms with Gasteiger partial charge in [0.05, 0.1) is 0 Å². The fraction of sp³-hybridized carbons (Fsp3) is 0. The van der Waals surface area contributed by atoms with Gasteiger partial charge in [0.25, 0.3) is 0 Å². The van der Waals surface area contributed by atoms with Crippen molar-refractivity contribution in [1.29, 1.82) is 0 Å². The minimum Gasteiger partial charge on any atom is -0.476 e. The Kier molecular flexibility index (Phi) is 2.64. The zero-order valence-corrected chi connectivity index (χ0v) is 6.70. The molecule has 0 aliphatic heterocycles. The second-order valence-electron chi connectivity index (χ2n) is 2.47. The summed E-state index contributed by atoms with van der Waals surface area (Å²) in [5.41, 5.74) is 6.31. The molecule has 0 aliphatic carbocycles. The molecule has 0 aliphatic rings. The number of anilines is 1. The third-order valence-corrected chi connectivity index (χ3v) is 1.41. The molecule has 1 aromatic rings. The molecule has 0 bridgehead atoms. The highest BCUT2D eigenvalue weighted by molar-refractivity contribution is 5.89. The van der Waals surface area contributed by atoms with E-state index in [0.717, 1.165) is 6.08 Å². The van der Waals surface area contributed by atoms with Gasteiger partial charge < -0.3 is 10.8 Å². The number of benzene rings is 1. The molecular formula is C9H8FNO2. The summed E-state index contributed by atoms with van der Waals surface area (Å²) < 4.78 is 12.6. The Morgan fingerprint density at radius 3 is 2.77 bits per heavy atom. The Labute approximate surface area is 74.3 Å². The second-order valence-corrected chi connectivity index (χ2v) is 2.47. The quantitative estimate of drug-likeness (QED) is 0.538. The summed E-state index contributed by atoms with van der Waals surface area (Å²) >= 11 is 0. The molecule has 0 amide bonds. The smallest absolute Gasteiger partial charge is 0.364 e. The van der Waals surface area contributed by atoms with Crippen LogP contribution in [-0.2, 0) is 4.79 Å². The second kappa shape index (κ2) is 3.71. The van der Waals surface area contributed by atoms with E-state index in [2.05, 4.69) is 0 Å². The van der Waals surface area contributed by atoms with Crippen molar-refractivity contribution in [2.45, 2.75) is 0 Å². The first-order chi connectivity index (χ1) is 6.09. The summed E-state index contributed by atoms with van der Waals surface area (Å²) in [5.74, 6) is -2.78. The van der Waals surface area contributed by atoms with Gasteiger partial charge in [-0.05, 0) is 23.8 Å². The van der Waals surface area contributed by atoms with Crippen LogP contribution in [0.25, 0.3) is 6.08 Å². The van der Waals surface area contributed by atoms with Crippen molar-refractivity contribution in [2.75, 3.05) is 5.73 Å². The number of carboxylic acid groups (broad SMARTS) is 1. The van der Waals surface area contributed by atoms with E-state index in [1.165, 1.54) is 6.07 Å². The topological polar surface area (TPSA) is 63.3 Å². The first kappa shape index (κ1) is 9.25. The highest BCUT2D eigenvalue weighted by Crippen LogP contribution is 2.11. The molecule has 1 aromatic carbocycles. The number of nitrogen functional groups attached to an aromatic ring is 1. The van der Waals surface area contributed by atoms with Gasteiger partial charge in [0.15, 0.2) is 0 Å². The molecule has 0 heterocycles. The highest BCUT2D eigenvalue weighted by atomic mass is 19.1. The largest absolute Gasteiger partial charge is 0.476 e. The number of carbonyl (C=O) groups is 1. The third-order valence-electron chi connectivity index (χ3n) is 1.41. The van der Waals surface area contributed by atoms with Gasteiger partial charge in [0.2, 0.25) is 5.83 Å². The van der Waals surface area contributed by atoms with Crippen molar-refractivity contribution in [3.05, 3.63) is 35.7 Å². The highest BCUT2D eigenvalue weighted by Gasteiger charge is 2.04. The van der Waals surface area contributed by atoms with Crippen LogP contribution in [0.2, 0.25) is 0 Å². The molecule has 0 fully saturated rings. The lowest BCUT2D eigenvalue weighted by molar-refractivity contribution is -0.134. The minimum atomic E-state index is -1.58. The van der Waals surface area contributed by atoms with E-state index in [9.17, 15) is 9.18 Å². The summed E-state index contributed by atoms with van der Waals surface area (Å²) in [6.07, 6.45) is 0.915. The molecule has 0 aromatic heterocycles. The van der Waals surface area contributed by atoms with E-state index in [1.54, 1.807) is 18.2 Å². The van der Waals surface area contributed by atoms with Crippen LogP contribution in [0.4, 0.5) is 10.1 Å². The van der Waals surface area contributed by atoms with Gasteiger partial charge in [0.1, 0.15) is 0 Å². The molecule has 1 rings (SSSR count). The van der Waals surface area contributed by atoms with Crippen LogP contribution in [-0.4, -0.2) is 11.1 Å². The fourth-order valence-corrected chi connectivity index (χ4v) is 0.857. The molecule has 0 atom stereocenters. The summed E-state index contributed by atoms with van der Waals surface area (Å²) in [6.45, 7) is 0. The van der Waals surface area contributed by atoms with Crippen molar-refractivity contribution >= 4 is 17.7 Å². The first-order valence-corrected chi connectivity index (χ1v) is 3.55. The summed E-state index contributed by atoms with van der Waals surface area (Å²) in [4.78, 5) is 10.1. The van der Waals surface area contributed by atoms with Gasteiger partial charge in [0, 0.05) is 5.69 Å². The fourth-order valence-electron chi connectivity index (χ4n) is 0.857. The standard InChI is InChI=1S/C9H8FNO2/c10-8(9(12)13)5-6-2-1-3-7(11)4-6/h1-5H,11H2,(H,12,13). The maximum absolute atomic E-state index is 12.6. The molecular weight excluding hydrogens is 173 g/mol. The Morgan fingerprint density at radius 1 is 1.54 bits per heavy atom. The third kappa shape index (κ3) is 2.59. The molecule has 3 nitrogen and oxygen atoms in total. The van der Waals surface area contributed by atoms with E-state index in [1.807, 2.05) is 0 Å². The van der Waals surface area contributed by atoms with Crippen LogP contribution in [0.3, 0.4) is 0 Å². The van der Waals surface area contributed by atoms with Crippen molar-refractivity contribution in [2.24, 2.45) is 0 Å². The molecule has 3 N–H and O–H groups in total. The number of hydrogen-bond donors (Lipinski definition) is 2. The Morgan fingerprint density at radius 2 is 2.23 bits per heavy atom. The van der Waals surface area contributed by atoms with Gasteiger partial charge in [-0.15, -0.1) is 0 Å². The van der Waals surface area contributed by atoms with E-state index < -0.39 is 11.8 Å². The number of aliphatic carboxylic acids is 1. The lowest BCUT2D eigenvalue weighted by atomic mass is 10.2. The van der Waals surface area contributed by atoms with Crippen molar-refractivity contribution in [1.82, 2.24) is 0 Å². The van der Waals surface area contributed by atoms with Crippen LogP contribution in [0.1, 0.15) is 5.56 Å². The van der Waals surface area contributed by atoms with Crippen molar-refractivity contribution in [3.8, 4) is 0 Å². The van der Waals surface area contributed by atoms with E-state index in [4.69, 9.17) is 10.8 Å². The number of rotatable bonds is 2. The van der Waals surface area contributed by atoms with Crippen LogP contribution in [0.5, 0.6) is 0 Å². The molecule has 0 radical (unpaired) electrons. The predicted molar refractivity (Wildman–Crippen MR) is 47.6 cm³/mol. The zero-order chi connectivity index (χ0) is 9.84. The van der Waals surface area contributed by atoms with Gasteiger partial charge in [-0.2, -0.15) is 4.39 Å². The van der Waals surface area contributed by atoms with Crippen LogP contribution >= 0.6 is 0 Å². The molecule has 0 spiro atoms. The van der Waals surface area contributed by atoms with Crippen molar-refractivity contribution < 1.29 is 14.3 Å². The van der Waals surface area contributed by atoms with Gasteiger partial charge >= 0.3 is 5.97 Å². The number of carboxylic acids is 1. The average molecular weight is 181 g/mol. The van der Waals surface area contributed by atoms with E-state index in [0.29, 0.717) is 11.3 Å². The SMILES string of the molecule is Nc1cccc(C=C(F)C(=O)O)c1. The molecule has 4 heteroatoms. The van der Waals surface area contributed by atoms with Crippen LogP contribution in [0.15, 0.2) is 30.1 Å². The summed E-state index contributed by atoms with van der Waals surface area (Å²) in [6, 6.07) is 6.31. The monoisotopic (exact) mass is 181 g/mol. The zero-order valence-electron chi connectivity index (χ0n) is 6.70. The number of halogens is 1. The normalized spacial score (nSPS) is 11.3. The Bertz CT molecular complexity index is 360. The van der Waals surface area contributed by atoms with Crippen LogP contribution in [0, 0.1) is 0 Å². The van der Waals surface area contributed by atoms with Gasteiger partial charge in [-0.3, -0.25) is 0 Å². The number of hydrogen-bond acceptors (Lipinski definition) is 2. The molecule has 13 heavy (non-hydrogen) atoms. The Hall–Kier alpha value is -1.84. The lowest BCUT2D eigenvalue weighted by Gasteiger charge is -1.95. The minimum absolute atomic E-state index is 0.430. The average Bonchev–Trinajstić information content (AvgIpc) is 2.04. The Balaban J connectivity index is 2.97. The molecule has 0 saturated heterocycles. The van der Waals surface area contributed by atoms with Gasteiger partial charge in [-0.1, -0.05) is 12.1 Å². The molecule has 0 saturated carbocycles. The lowest BCUT2D eigenvalue weighted by Crippen LogP contribution is -1.94. The molecule has 68 valence electrons. The van der Waals surface area contributed by atoms with Crippen LogP contribution < -0.4 is 5.73 Å². The predicted octanol–water partition coefficient (Wildman–Crippen LogP) is 1.66. The van der Waals surface area contributed by atoms with Gasteiger partial charge in [-0.25, -0.2) is 4.79 Å². The first-order valence-electron chi connectivity index (χ1n) is 3.55. The summed E-state index contributed by atoms with van der Waals surface area (Å²) in [7, 11) is 0.